The fourth-order valence-electron chi connectivity index (χ4n) is 4.55. The molecule has 0 amide bonds. The van der Waals surface area contributed by atoms with Gasteiger partial charge in [-0.25, -0.2) is 4.79 Å². The summed E-state index contributed by atoms with van der Waals surface area (Å²) >= 11 is 0. The molecule has 1 aromatic heterocycles. The summed E-state index contributed by atoms with van der Waals surface area (Å²) in [6.07, 6.45) is 7.90. The summed E-state index contributed by atoms with van der Waals surface area (Å²) in [5.74, 6) is 0. The molecule has 2 saturated heterocycles. The number of piperidine rings is 2. The molecule has 142 valence electrons. The Hall–Kier alpha value is -1.59. The van der Waals surface area contributed by atoms with Crippen molar-refractivity contribution in [3.63, 3.8) is 0 Å². The van der Waals surface area contributed by atoms with Gasteiger partial charge < -0.3 is 9.80 Å². The minimum absolute atomic E-state index is 0.167. The lowest BCUT2D eigenvalue weighted by atomic mass is 10.1. The number of benzene rings is 1. The number of rotatable bonds is 6. The molecule has 1 aromatic carbocycles. The third kappa shape index (κ3) is 3.89. The van der Waals surface area contributed by atoms with Crippen molar-refractivity contribution in [3.05, 3.63) is 34.7 Å². The number of likely N-dealkylation sites (tertiary alicyclic amines) is 2. The van der Waals surface area contributed by atoms with Crippen LogP contribution < -0.4 is 5.69 Å². The molecular weight excluding hydrogens is 324 g/mol. The average molecular weight is 357 g/mol. The van der Waals surface area contributed by atoms with Crippen LogP contribution in [0.25, 0.3) is 11.0 Å². The van der Waals surface area contributed by atoms with Gasteiger partial charge in [0, 0.05) is 26.2 Å². The van der Waals surface area contributed by atoms with Gasteiger partial charge in [0.2, 0.25) is 0 Å². The van der Waals surface area contributed by atoms with Crippen molar-refractivity contribution in [3.8, 4) is 0 Å². The largest absolute Gasteiger partial charge is 0.329 e. The maximum Gasteiger partial charge on any atom is 0.329 e. The molecule has 5 heteroatoms. The Morgan fingerprint density at radius 1 is 0.615 bits per heavy atom. The molecule has 0 saturated carbocycles. The van der Waals surface area contributed by atoms with Gasteiger partial charge in [-0.2, -0.15) is 0 Å². The standard InChI is InChI=1S/C21H32N4O/c26-21-24(17-15-22-11-5-1-6-12-22)19-9-3-4-10-20(19)25(21)18-16-23-13-7-2-8-14-23/h3-4,9-10H,1-2,5-8,11-18H2. The highest BCUT2D eigenvalue weighted by molar-refractivity contribution is 5.75. The van der Waals surface area contributed by atoms with Crippen LogP contribution in [0, 0.1) is 0 Å². The number of nitrogens with zero attached hydrogens (tertiary/aromatic N) is 4. The summed E-state index contributed by atoms with van der Waals surface area (Å²) in [4.78, 5) is 18.1. The minimum Gasteiger partial charge on any atom is -0.302 e. The van der Waals surface area contributed by atoms with Gasteiger partial charge in [0.15, 0.2) is 0 Å². The number of hydrogen-bond donors (Lipinski definition) is 0. The molecule has 2 aliphatic heterocycles. The molecule has 0 spiro atoms. The van der Waals surface area contributed by atoms with Crippen LogP contribution in [0.15, 0.2) is 29.1 Å². The minimum atomic E-state index is 0.167. The summed E-state index contributed by atoms with van der Waals surface area (Å²) in [5, 5.41) is 0. The van der Waals surface area contributed by atoms with E-state index in [9.17, 15) is 4.79 Å². The monoisotopic (exact) mass is 356 g/mol. The first-order chi connectivity index (χ1) is 12.8. The Morgan fingerprint density at radius 3 is 1.46 bits per heavy atom. The van der Waals surface area contributed by atoms with Crippen molar-refractivity contribution < 1.29 is 0 Å². The van der Waals surface area contributed by atoms with Crippen molar-refractivity contribution in [1.82, 2.24) is 18.9 Å². The van der Waals surface area contributed by atoms with Gasteiger partial charge in [-0.1, -0.05) is 25.0 Å². The van der Waals surface area contributed by atoms with E-state index in [0.717, 1.165) is 37.2 Å². The molecule has 3 heterocycles. The number of para-hydroxylation sites is 2. The van der Waals surface area contributed by atoms with Crippen molar-refractivity contribution in [2.24, 2.45) is 0 Å². The average Bonchev–Trinajstić information content (AvgIpc) is 2.97. The van der Waals surface area contributed by atoms with Gasteiger partial charge in [0.25, 0.3) is 0 Å². The van der Waals surface area contributed by atoms with Gasteiger partial charge in [0.05, 0.1) is 11.0 Å². The Labute approximate surface area is 156 Å². The molecule has 0 bridgehead atoms. The predicted molar refractivity (Wildman–Crippen MR) is 107 cm³/mol. The van der Waals surface area contributed by atoms with E-state index in [1.807, 2.05) is 21.3 Å². The van der Waals surface area contributed by atoms with Crippen LogP contribution in [0.4, 0.5) is 0 Å². The maximum absolute atomic E-state index is 13.1. The van der Waals surface area contributed by atoms with Crippen LogP contribution in [-0.4, -0.2) is 58.2 Å². The maximum atomic E-state index is 13.1. The van der Waals surface area contributed by atoms with Crippen LogP contribution in [-0.2, 0) is 13.1 Å². The van der Waals surface area contributed by atoms with E-state index in [1.165, 1.54) is 64.7 Å². The Bertz CT molecular complexity index is 704. The van der Waals surface area contributed by atoms with E-state index >= 15 is 0 Å². The molecule has 26 heavy (non-hydrogen) atoms. The summed E-state index contributed by atoms with van der Waals surface area (Å²) < 4.78 is 4.00. The lowest BCUT2D eigenvalue weighted by molar-refractivity contribution is 0.217. The molecular formula is C21H32N4O. The number of aromatic nitrogens is 2. The molecule has 0 aliphatic carbocycles. The highest BCUT2D eigenvalue weighted by Crippen LogP contribution is 2.15. The fourth-order valence-corrected chi connectivity index (χ4v) is 4.55. The normalized spacial score (nSPS) is 20.0. The molecule has 2 fully saturated rings. The third-order valence-electron chi connectivity index (χ3n) is 6.10. The first-order valence-corrected chi connectivity index (χ1v) is 10.5. The summed E-state index contributed by atoms with van der Waals surface area (Å²) in [6.45, 7) is 8.31. The first kappa shape index (κ1) is 17.8. The Kier molecular flexibility index (Phi) is 5.75. The zero-order valence-corrected chi connectivity index (χ0v) is 15.9. The van der Waals surface area contributed by atoms with E-state index < -0.39 is 0 Å². The lowest BCUT2D eigenvalue weighted by Crippen LogP contribution is -2.36. The van der Waals surface area contributed by atoms with Gasteiger partial charge in [0.1, 0.15) is 0 Å². The van der Waals surface area contributed by atoms with Crippen LogP contribution in [0.5, 0.6) is 0 Å². The molecule has 0 N–H and O–H groups in total. The quantitative estimate of drug-likeness (QED) is 0.798. The van der Waals surface area contributed by atoms with Crippen molar-refractivity contribution >= 4 is 11.0 Å². The SMILES string of the molecule is O=c1n(CCN2CCCCC2)c2ccccc2n1CCN1CCCCC1. The highest BCUT2D eigenvalue weighted by Gasteiger charge is 2.16. The number of imidazole rings is 1. The predicted octanol–water partition coefficient (Wildman–Crippen LogP) is 2.77. The smallest absolute Gasteiger partial charge is 0.302 e. The van der Waals surface area contributed by atoms with Crippen LogP contribution >= 0.6 is 0 Å². The van der Waals surface area contributed by atoms with E-state index in [2.05, 4.69) is 21.9 Å². The summed E-state index contributed by atoms with van der Waals surface area (Å²) in [7, 11) is 0. The lowest BCUT2D eigenvalue weighted by Gasteiger charge is -2.26. The number of fused-ring (bicyclic) bond motifs is 1. The second-order valence-electron chi connectivity index (χ2n) is 7.88. The molecule has 0 unspecified atom stereocenters. The molecule has 0 radical (unpaired) electrons. The van der Waals surface area contributed by atoms with E-state index in [0.29, 0.717) is 0 Å². The van der Waals surface area contributed by atoms with Gasteiger partial charge in [-0.05, 0) is 64.0 Å². The second kappa shape index (κ2) is 8.40. The van der Waals surface area contributed by atoms with Gasteiger partial charge in [-0.15, -0.1) is 0 Å². The van der Waals surface area contributed by atoms with Crippen molar-refractivity contribution in [2.45, 2.75) is 51.6 Å². The molecule has 2 aromatic rings. The van der Waals surface area contributed by atoms with Crippen LogP contribution in [0.1, 0.15) is 38.5 Å². The summed E-state index contributed by atoms with van der Waals surface area (Å²) in [6, 6.07) is 8.30. The zero-order valence-electron chi connectivity index (χ0n) is 15.9. The Balaban J connectivity index is 1.51. The van der Waals surface area contributed by atoms with E-state index in [4.69, 9.17) is 0 Å². The third-order valence-corrected chi connectivity index (χ3v) is 6.10. The first-order valence-electron chi connectivity index (χ1n) is 10.5. The zero-order chi connectivity index (χ0) is 17.8. The van der Waals surface area contributed by atoms with Crippen LogP contribution in [0.3, 0.4) is 0 Å². The highest BCUT2D eigenvalue weighted by atomic mass is 16.1. The molecule has 5 nitrogen and oxygen atoms in total. The molecule has 0 atom stereocenters. The second-order valence-corrected chi connectivity index (χ2v) is 7.88. The molecule has 2 aliphatic rings. The van der Waals surface area contributed by atoms with E-state index in [-0.39, 0.29) is 5.69 Å². The van der Waals surface area contributed by atoms with Crippen molar-refractivity contribution in [2.75, 3.05) is 39.3 Å². The molecule has 4 rings (SSSR count). The Morgan fingerprint density at radius 2 is 1.04 bits per heavy atom. The fraction of sp³-hybridized carbons (Fsp3) is 0.667. The number of hydrogen-bond acceptors (Lipinski definition) is 3. The summed E-state index contributed by atoms with van der Waals surface area (Å²) in [5.41, 5.74) is 2.35. The van der Waals surface area contributed by atoms with Gasteiger partial charge in [-0.3, -0.25) is 9.13 Å². The van der Waals surface area contributed by atoms with Crippen molar-refractivity contribution in [1.29, 1.82) is 0 Å². The van der Waals surface area contributed by atoms with E-state index in [1.54, 1.807) is 0 Å². The van der Waals surface area contributed by atoms with Gasteiger partial charge >= 0.3 is 5.69 Å². The van der Waals surface area contributed by atoms with Crippen LogP contribution in [0.2, 0.25) is 0 Å². The topological polar surface area (TPSA) is 33.4 Å².